The molecule has 2 aromatic carbocycles. The Bertz CT molecular complexity index is 759. The van der Waals surface area contributed by atoms with Crippen LogP contribution in [0.5, 0.6) is 0 Å². The minimum Gasteiger partial charge on any atom is -0.308 e. The first-order valence-corrected chi connectivity index (χ1v) is 7.73. The first-order chi connectivity index (χ1) is 11.2. The molecule has 2 aromatic rings. The molecule has 3 rings (SSSR count). The van der Waals surface area contributed by atoms with Crippen LogP contribution in [0.25, 0.3) is 6.08 Å². The van der Waals surface area contributed by atoms with Gasteiger partial charge in [-0.25, -0.2) is 0 Å². The van der Waals surface area contributed by atoms with Gasteiger partial charge in [0.05, 0.1) is 0 Å². The highest BCUT2D eigenvalue weighted by Crippen LogP contribution is 2.37. The Morgan fingerprint density at radius 3 is 2.74 bits per heavy atom. The smallest absolute Gasteiger partial charge is 0.251 e. The van der Waals surface area contributed by atoms with Crippen molar-refractivity contribution >= 4 is 29.3 Å². The van der Waals surface area contributed by atoms with E-state index in [9.17, 15) is 9.70 Å². The number of hydrogen-bond acceptors (Lipinski definition) is 3. The number of anilines is 1. The number of halogens is 1. The van der Waals surface area contributed by atoms with Crippen LogP contribution in [0.2, 0.25) is 5.02 Å². The maximum Gasteiger partial charge on any atom is 0.251 e. The minimum absolute atomic E-state index is 0.123. The highest BCUT2D eigenvalue weighted by Gasteiger charge is 2.28. The molecule has 0 fully saturated rings. The SMILES string of the molecule is O=NC1CCN(C(=O)C=Cc2ccccc2)c2ccc(Cl)cc21. The Hall–Kier alpha value is -2.46. The summed E-state index contributed by atoms with van der Waals surface area (Å²) in [5.41, 5.74) is 2.37. The number of rotatable bonds is 3. The molecule has 1 amide bonds. The van der Waals surface area contributed by atoms with Crippen molar-refractivity contribution in [1.82, 2.24) is 0 Å². The fourth-order valence-corrected chi connectivity index (χ4v) is 2.91. The fourth-order valence-electron chi connectivity index (χ4n) is 2.73. The predicted octanol–water partition coefficient (Wildman–Crippen LogP) is 4.60. The molecule has 0 radical (unpaired) electrons. The highest BCUT2D eigenvalue weighted by atomic mass is 35.5. The Balaban J connectivity index is 1.87. The van der Waals surface area contributed by atoms with Crippen LogP contribution >= 0.6 is 11.6 Å². The molecule has 0 saturated heterocycles. The third-order valence-corrected chi connectivity index (χ3v) is 4.11. The van der Waals surface area contributed by atoms with Crippen LogP contribution in [0, 0.1) is 4.91 Å². The number of hydrogen-bond donors (Lipinski definition) is 0. The van der Waals surface area contributed by atoms with Crippen molar-refractivity contribution in [1.29, 1.82) is 0 Å². The topological polar surface area (TPSA) is 49.7 Å². The molecular weight excluding hydrogens is 312 g/mol. The van der Waals surface area contributed by atoms with Crippen molar-refractivity contribution in [3.63, 3.8) is 0 Å². The number of benzene rings is 2. The number of carbonyl (C=O) groups excluding carboxylic acids is 1. The van der Waals surface area contributed by atoms with Gasteiger partial charge in [-0.05, 0) is 36.3 Å². The summed E-state index contributed by atoms with van der Waals surface area (Å²) >= 11 is 6.01. The average Bonchev–Trinajstić information content (AvgIpc) is 2.59. The highest BCUT2D eigenvalue weighted by molar-refractivity contribution is 6.30. The molecular formula is C18H15ClN2O2. The Labute approximate surface area is 139 Å². The Morgan fingerprint density at radius 2 is 2.00 bits per heavy atom. The van der Waals surface area contributed by atoms with Gasteiger partial charge in [-0.15, -0.1) is 0 Å². The van der Waals surface area contributed by atoms with E-state index in [1.165, 1.54) is 0 Å². The van der Waals surface area contributed by atoms with Gasteiger partial charge in [0, 0.05) is 28.9 Å². The molecule has 1 aliphatic heterocycles. The number of carbonyl (C=O) groups is 1. The molecule has 0 aromatic heterocycles. The molecule has 0 spiro atoms. The summed E-state index contributed by atoms with van der Waals surface area (Å²) in [7, 11) is 0. The second-order valence-electron chi connectivity index (χ2n) is 5.35. The largest absolute Gasteiger partial charge is 0.308 e. The molecule has 1 unspecified atom stereocenters. The fraction of sp³-hybridized carbons (Fsp3) is 0.167. The lowest BCUT2D eigenvalue weighted by Crippen LogP contribution is -2.35. The molecule has 0 aliphatic carbocycles. The van der Waals surface area contributed by atoms with E-state index >= 15 is 0 Å². The Morgan fingerprint density at radius 1 is 1.22 bits per heavy atom. The van der Waals surface area contributed by atoms with Crippen molar-refractivity contribution in [2.45, 2.75) is 12.5 Å². The minimum atomic E-state index is -0.453. The van der Waals surface area contributed by atoms with Gasteiger partial charge in [0.1, 0.15) is 6.04 Å². The first kappa shape index (κ1) is 15.4. The van der Waals surface area contributed by atoms with E-state index in [1.54, 1.807) is 35.3 Å². The zero-order valence-electron chi connectivity index (χ0n) is 12.4. The number of fused-ring (bicyclic) bond motifs is 1. The lowest BCUT2D eigenvalue weighted by molar-refractivity contribution is -0.114. The first-order valence-electron chi connectivity index (χ1n) is 7.35. The van der Waals surface area contributed by atoms with Crippen molar-refractivity contribution < 1.29 is 4.79 Å². The van der Waals surface area contributed by atoms with E-state index in [0.29, 0.717) is 29.2 Å². The summed E-state index contributed by atoms with van der Waals surface area (Å²) in [4.78, 5) is 25.2. The normalized spacial score (nSPS) is 17.1. The van der Waals surface area contributed by atoms with Crippen LogP contribution in [-0.4, -0.2) is 12.5 Å². The third-order valence-electron chi connectivity index (χ3n) is 3.88. The maximum atomic E-state index is 12.5. The zero-order valence-corrected chi connectivity index (χ0v) is 13.1. The molecule has 4 nitrogen and oxygen atoms in total. The third kappa shape index (κ3) is 3.32. The predicted molar refractivity (Wildman–Crippen MR) is 92.4 cm³/mol. The van der Waals surface area contributed by atoms with Gasteiger partial charge in [-0.1, -0.05) is 47.1 Å². The van der Waals surface area contributed by atoms with Crippen LogP contribution in [0.4, 0.5) is 5.69 Å². The van der Waals surface area contributed by atoms with Crippen LogP contribution in [0.1, 0.15) is 23.6 Å². The van der Waals surface area contributed by atoms with Gasteiger partial charge >= 0.3 is 0 Å². The van der Waals surface area contributed by atoms with Crippen LogP contribution in [0.15, 0.2) is 59.8 Å². The zero-order chi connectivity index (χ0) is 16.2. The molecule has 1 heterocycles. The summed E-state index contributed by atoms with van der Waals surface area (Å²) in [5.74, 6) is -0.123. The van der Waals surface area contributed by atoms with Gasteiger partial charge < -0.3 is 4.90 Å². The van der Waals surface area contributed by atoms with E-state index in [4.69, 9.17) is 11.6 Å². The second kappa shape index (κ2) is 6.75. The van der Waals surface area contributed by atoms with Gasteiger partial charge in [-0.3, -0.25) is 4.79 Å². The summed E-state index contributed by atoms with van der Waals surface area (Å²) in [6, 6.07) is 14.4. The maximum absolute atomic E-state index is 12.5. The molecule has 116 valence electrons. The lowest BCUT2D eigenvalue weighted by atomic mass is 9.97. The van der Waals surface area contributed by atoms with Crippen LogP contribution in [-0.2, 0) is 4.79 Å². The van der Waals surface area contributed by atoms with Crippen molar-refractivity contribution in [3.05, 3.63) is 75.7 Å². The quantitative estimate of drug-likeness (QED) is 0.611. The standard InChI is InChI=1S/C18H15ClN2O2/c19-14-7-8-17-15(12-14)16(20-23)10-11-21(17)18(22)9-6-13-4-2-1-3-5-13/h1-9,12,16H,10-11H2. The monoisotopic (exact) mass is 326 g/mol. The van der Waals surface area contributed by atoms with E-state index in [2.05, 4.69) is 5.18 Å². The second-order valence-corrected chi connectivity index (χ2v) is 5.78. The van der Waals surface area contributed by atoms with Crippen LogP contribution < -0.4 is 4.90 Å². The molecule has 23 heavy (non-hydrogen) atoms. The van der Waals surface area contributed by atoms with E-state index in [1.807, 2.05) is 30.3 Å². The van der Waals surface area contributed by atoms with Gasteiger partial charge in [-0.2, -0.15) is 4.91 Å². The number of amides is 1. The number of nitroso groups, excluding NO2 is 1. The van der Waals surface area contributed by atoms with Gasteiger partial charge in [0.15, 0.2) is 0 Å². The summed E-state index contributed by atoms with van der Waals surface area (Å²) < 4.78 is 0. The molecule has 5 heteroatoms. The molecule has 0 bridgehead atoms. The summed E-state index contributed by atoms with van der Waals surface area (Å²) in [6.45, 7) is 0.461. The summed E-state index contributed by atoms with van der Waals surface area (Å²) in [6.07, 6.45) is 3.83. The molecule has 1 aliphatic rings. The molecule has 0 N–H and O–H groups in total. The number of nitrogens with zero attached hydrogens (tertiary/aromatic N) is 2. The van der Waals surface area contributed by atoms with Crippen LogP contribution in [0.3, 0.4) is 0 Å². The van der Waals surface area contributed by atoms with Crippen molar-refractivity contribution in [2.75, 3.05) is 11.4 Å². The van der Waals surface area contributed by atoms with Gasteiger partial charge in [0.25, 0.3) is 5.91 Å². The summed E-state index contributed by atoms with van der Waals surface area (Å²) in [5, 5.41) is 3.69. The van der Waals surface area contributed by atoms with Crippen molar-refractivity contribution in [3.8, 4) is 0 Å². The van der Waals surface area contributed by atoms with E-state index in [0.717, 1.165) is 5.56 Å². The molecule has 1 atom stereocenters. The lowest BCUT2D eigenvalue weighted by Gasteiger charge is -2.31. The molecule has 0 saturated carbocycles. The average molecular weight is 327 g/mol. The Kier molecular flexibility index (Phi) is 4.53. The van der Waals surface area contributed by atoms with Crippen molar-refractivity contribution in [2.24, 2.45) is 5.18 Å². The van der Waals surface area contributed by atoms with Gasteiger partial charge in [0.2, 0.25) is 0 Å². The van der Waals surface area contributed by atoms with E-state index < -0.39 is 6.04 Å². The van der Waals surface area contributed by atoms with E-state index in [-0.39, 0.29) is 5.91 Å².